The summed E-state index contributed by atoms with van der Waals surface area (Å²) in [5, 5.41) is 18.5. The molecule has 3 rings (SSSR count). The van der Waals surface area contributed by atoms with Crippen LogP contribution in [0, 0.1) is 6.92 Å². The predicted molar refractivity (Wildman–Crippen MR) is 64.9 cm³/mol. The highest BCUT2D eigenvalue weighted by atomic mass is 15.6. The van der Waals surface area contributed by atoms with Crippen LogP contribution in [0.4, 0.5) is 5.82 Å². The highest BCUT2D eigenvalue weighted by Gasteiger charge is 2.01. The molecule has 0 bridgehead atoms. The first-order valence-corrected chi connectivity index (χ1v) is 5.52. The SMILES string of the molecule is Cc1ccncc1CNc1ccc2nnnn2n1. The largest absolute Gasteiger partial charge is 0.364 e. The van der Waals surface area contributed by atoms with Crippen LogP contribution in [-0.2, 0) is 6.54 Å². The van der Waals surface area contributed by atoms with E-state index in [4.69, 9.17) is 0 Å². The molecule has 0 amide bonds. The van der Waals surface area contributed by atoms with E-state index in [1.165, 1.54) is 10.2 Å². The molecule has 0 aliphatic rings. The van der Waals surface area contributed by atoms with Gasteiger partial charge in [0.05, 0.1) is 0 Å². The van der Waals surface area contributed by atoms with Crippen molar-refractivity contribution >= 4 is 11.5 Å². The van der Waals surface area contributed by atoms with E-state index in [0.29, 0.717) is 12.2 Å². The van der Waals surface area contributed by atoms with Gasteiger partial charge in [0.25, 0.3) is 0 Å². The Morgan fingerprint density at radius 2 is 2.22 bits per heavy atom. The highest BCUT2D eigenvalue weighted by molar-refractivity contribution is 5.42. The zero-order valence-corrected chi connectivity index (χ0v) is 9.78. The summed E-state index contributed by atoms with van der Waals surface area (Å²) < 4.78 is 1.39. The first-order valence-electron chi connectivity index (χ1n) is 5.52. The van der Waals surface area contributed by atoms with Crippen LogP contribution >= 0.6 is 0 Å². The molecule has 3 aromatic rings. The molecule has 7 heteroatoms. The van der Waals surface area contributed by atoms with Crippen LogP contribution in [-0.4, -0.2) is 30.2 Å². The van der Waals surface area contributed by atoms with E-state index in [2.05, 4.69) is 37.8 Å². The molecule has 18 heavy (non-hydrogen) atoms. The maximum Gasteiger partial charge on any atom is 0.200 e. The second-order valence-corrected chi connectivity index (χ2v) is 3.90. The summed E-state index contributed by atoms with van der Waals surface area (Å²) in [5.74, 6) is 0.720. The van der Waals surface area contributed by atoms with Crippen LogP contribution in [0.2, 0.25) is 0 Å². The summed E-state index contributed by atoms with van der Waals surface area (Å²) in [6, 6.07) is 5.64. The van der Waals surface area contributed by atoms with E-state index in [9.17, 15) is 0 Å². The van der Waals surface area contributed by atoms with Crippen LogP contribution in [0.25, 0.3) is 5.65 Å². The molecule has 0 spiro atoms. The second kappa shape index (κ2) is 4.36. The van der Waals surface area contributed by atoms with E-state index in [1.54, 1.807) is 6.20 Å². The van der Waals surface area contributed by atoms with Gasteiger partial charge in [-0.3, -0.25) is 4.98 Å². The average molecular weight is 241 g/mol. The minimum absolute atomic E-state index is 0.623. The lowest BCUT2D eigenvalue weighted by Gasteiger charge is -2.07. The Balaban J connectivity index is 1.78. The molecule has 0 fully saturated rings. The van der Waals surface area contributed by atoms with Crippen LogP contribution in [0.15, 0.2) is 30.6 Å². The normalized spacial score (nSPS) is 10.7. The third kappa shape index (κ3) is 1.97. The molecule has 0 saturated heterocycles. The standard InChI is InChI=1S/C11H11N7/c1-8-4-5-12-6-9(8)7-13-10-2-3-11-14-16-17-18(11)15-10/h2-6H,7H2,1H3,(H,13,15). The van der Waals surface area contributed by atoms with Gasteiger partial charge in [0.15, 0.2) is 5.65 Å². The van der Waals surface area contributed by atoms with E-state index >= 15 is 0 Å². The van der Waals surface area contributed by atoms with Crippen molar-refractivity contribution in [2.24, 2.45) is 0 Å². The van der Waals surface area contributed by atoms with Crippen LogP contribution < -0.4 is 5.32 Å². The zero-order valence-electron chi connectivity index (χ0n) is 9.78. The quantitative estimate of drug-likeness (QED) is 0.731. The molecule has 0 aliphatic heterocycles. The molecule has 0 aliphatic carbocycles. The van der Waals surface area contributed by atoms with Gasteiger partial charge in [0.1, 0.15) is 5.82 Å². The zero-order chi connectivity index (χ0) is 12.4. The molecule has 0 radical (unpaired) electrons. The number of pyridine rings is 1. The van der Waals surface area contributed by atoms with Gasteiger partial charge in [-0.05, 0) is 46.7 Å². The van der Waals surface area contributed by atoms with Gasteiger partial charge in [-0.1, -0.05) is 0 Å². The van der Waals surface area contributed by atoms with Gasteiger partial charge in [-0.2, -0.15) is 0 Å². The van der Waals surface area contributed by atoms with E-state index in [0.717, 1.165) is 11.4 Å². The molecular weight excluding hydrogens is 230 g/mol. The summed E-state index contributed by atoms with van der Waals surface area (Å²) in [6.45, 7) is 2.72. The van der Waals surface area contributed by atoms with Crippen molar-refractivity contribution in [3.8, 4) is 0 Å². The van der Waals surface area contributed by atoms with Gasteiger partial charge >= 0.3 is 0 Å². The van der Waals surface area contributed by atoms with Gasteiger partial charge in [-0.25, -0.2) is 0 Å². The summed E-state index contributed by atoms with van der Waals surface area (Å²) in [5.41, 5.74) is 2.95. The Labute approximate surface area is 103 Å². The van der Waals surface area contributed by atoms with Crippen molar-refractivity contribution in [3.63, 3.8) is 0 Å². The number of aromatic nitrogens is 6. The monoisotopic (exact) mass is 241 g/mol. The van der Waals surface area contributed by atoms with Crippen LogP contribution in [0.1, 0.15) is 11.1 Å². The first-order chi connectivity index (χ1) is 8.83. The summed E-state index contributed by atoms with van der Waals surface area (Å²) in [4.78, 5) is 4.10. The fourth-order valence-corrected chi connectivity index (χ4v) is 1.61. The maximum atomic E-state index is 4.23. The fraction of sp³-hybridized carbons (Fsp3) is 0.182. The average Bonchev–Trinajstić information content (AvgIpc) is 2.85. The minimum Gasteiger partial charge on any atom is -0.364 e. The Morgan fingerprint density at radius 1 is 1.28 bits per heavy atom. The van der Waals surface area contributed by atoms with Crippen LogP contribution in [0.3, 0.4) is 0 Å². The number of hydrogen-bond acceptors (Lipinski definition) is 6. The molecular formula is C11H11N7. The Kier molecular flexibility index (Phi) is 2.56. The number of nitrogens with one attached hydrogen (secondary N) is 1. The summed E-state index contributed by atoms with van der Waals surface area (Å²) in [7, 11) is 0. The molecule has 0 saturated carbocycles. The number of tetrazole rings is 1. The van der Waals surface area contributed by atoms with Crippen molar-refractivity contribution < 1.29 is 0 Å². The number of nitrogens with zero attached hydrogens (tertiary/aromatic N) is 6. The third-order valence-corrected chi connectivity index (χ3v) is 2.68. The highest BCUT2D eigenvalue weighted by Crippen LogP contribution is 2.09. The Hall–Kier alpha value is -2.57. The van der Waals surface area contributed by atoms with E-state index in [-0.39, 0.29) is 0 Å². The van der Waals surface area contributed by atoms with E-state index in [1.807, 2.05) is 24.4 Å². The van der Waals surface area contributed by atoms with Crippen molar-refractivity contribution in [3.05, 3.63) is 41.7 Å². The molecule has 90 valence electrons. The lowest BCUT2D eigenvalue weighted by atomic mass is 10.1. The van der Waals surface area contributed by atoms with E-state index < -0.39 is 0 Å². The number of rotatable bonds is 3. The third-order valence-electron chi connectivity index (χ3n) is 2.68. The maximum absolute atomic E-state index is 4.23. The number of aryl methyl sites for hydroxylation is 1. The van der Waals surface area contributed by atoms with Gasteiger partial charge in [0.2, 0.25) is 0 Å². The van der Waals surface area contributed by atoms with Gasteiger partial charge in [0, 0.05) is 18.9 Å². The topological polar surface area (TPSA) is 80.9 Å². The number of hydrogen-bond donors (Lipinski definition) is 1. The number of fused-ring (bicyclic) bond motifs is 1. The van der Waals surface area contributed by atoms with Crippen LogP contribution in [0.5, 0.6) is 0 Å². The molecule has 1 N–H and O–H groups in total. The molecule has 0 aromatic carbocycles. The lowest BCUT2D eigenvalue weighted by molar-refractivity contribution is 0.734. The molecule has 7 nitrogen and oxygen atoms in total. The lowest BCUT2D eigenvalue weighted by Crippen LogP contribution is -2.06. The number of anilines is 1. The minimum atomic E-state index is 0.623. The molecule has 3 heterocycles. The Morgan fingerprint density at radius 3 is 3.11 bits per heavy atom. The fourth-order valence-electron chi connectivity index (χ4n) is 1.61. The Bertz CT molecular complexity index is 676. The second-order valence-electron chi connectivity index (χ2n) is 3.90. The molecule has 0 atom stereocenters. The van der Waals surface area contributed by atoms with Crippen molar-refractivity contribution in [1.29, 1.82) is 0 Å². The predicted octanol–water partition coefficient (Wildman–Crippen LogP) is 0.835. The molecule has 0 unspecified atom stereocenters. The summed E-state index contributed by atoms with van der Waals surface area (Å²) in [6.07, 6.45) is 3.63. The van der Waals surface area contributed by atoms with Crippen molar-refractivity contribution in [2.75, 3.05) is 5.32 Å². The first kappa shape index (κ1) is 10.6. The smallest absolute Gasteiger partial charge is 0.200 e. The molecule has 3 aromatic heterocycles. The van der Waals surface area contributed by atoms with Gasteiger partial charge < -0.3 is 5.32 Å². The summed E-state index contributed by atoms with van der Waals surface area (Å²) >= 11 is 0. The van der Waals surface area contributed by atoms with Crippen molar-refractivity contribution in [1.82, 2.24) is 30.2 Å². The van der Waals surface area contributed by atoms with Crippen molar-refractivity contribution in [2.45, 2.75) is 13.5 Å². The van der Waals surface area contributed by atoms with Gasteiger partial charge in [-0.15, -0.1) is 14.8 Å².